The highest BCUT2D eigenvalue weighted by Crippen LogP contribution is 2.09. The number of rotatable bonds is 3. The Morgan fingerprint density at radius 3 is 1.61 bits per heavy atom. The molecule has 0 heterocycles. The average molecular weight is 237 g/mol. The molecule has 90 valence electrons. The molecule has 3 nitrogen and oxygen atoms in total. The lowest BCUT2D eigenvalue weighted by Gasteiger charge is -2.06. The van der Waals surface area contributed by atoms with E-state index in [0.29, 0.717) is 0 Å². The summed E-state index contributed by atoms with van der Waals surface area (Å²) in [5.74, 6) is 0. The molecule has 3 heteroatoms. The van der Waals surface area contributed by atoms with Gasteiger partial charge in [0.1, 0.15) is 0 Å². The Labute approximate surface area is 107 Å². The normalized spacial score (nSPS) is 8.61. The summed E-state index contributed by atoms with van der Waals surface area (Å²) in [4.78, 5) is 0. The van der Waals surface area contributed by atoms with Crippen LogP contribution < -0.4 is 5.43 Å². The van der Waals surface area contributed by atoms with Gasteiger partial charge in [0, 0.05) is 24.7 Å². The van der Waals surface area contributed by atoms with Gasteiger partial charge in [-0.25, -0.2) is 5.26 Å². The molecular weight excluding hydrogens is 222 g/mol. The molecule has 0 radical (unpaired) electrons. The van der Waals surface area contributed by atoms with Gasteiger partial charge in [-0.3, -0.25) is 0 Å². The first-order valence-corrected chi connectivity index (χ1v) is 5.53. The van der Waals surface area contributed by atoms with Crippen molar-refractivity contribution in [1.82, 2.24) is 5.43 Å². The third-order valence-electron chi connectivity index (χ3n) is 2.32. The highest BCUT2D eigenvalue weighted by atomic mass is 15.3. The number of nitrogens with one attached hydrogen (secondary N) is 1. The fraction of sp³-hybridized carbons (Fsp3) is 0.0667. The molecule has 0 aromatic heterocycles. The molecule has 0 aliphatic carbocycles. The summed E-state index contributed by atoms with van der Waals surface area (Å²) in [7, 11) is 1.81. The van der Waals surface area contributed by atoms with Gasteiger partial charge in [0.2, 0.25) is 0 Å². The zero-order valence-electron chi connectivity index (χ0n) is 10.2. The topological polar surface area (TPSA) is 48.2 Å². The van der Waals surface area contributed by atoms with Gasteiger partial charge in [-0.15, -0.1) is 0 Å². The number of hydrazone groups is 1. The number of hydrogen-bond acceptors (Lipinski definition) is 3. The van der Waals surface area contributed by atoms with E-state index in [1.54, 1.807) is 0 Å². The molecule has 0 atom stereocenters. The minimum absolute atomic E-state index is 0.962. The van der Waals surface area contributed by atoms with E-state index in [2.05, 4.69) is 41.4 Å². The maximum atomic E-state index is 6.50. The third kappa shape index (κ3) is 3.46. The van der Waals surface area contributed by atoms with Crippen molar-refractivity contribution < 1.29 is 0 Å². The third-order valence-corrected chi connectivity index (χ3v) is 2.32. The second-order valence-electron chi connectivity index (χ2n) is 3.42. The Bertz CT molecular complexity index is 460. The van der Waals surface area contributed by atoms with Crippen molar-refractivity contribution in [3.8, 4) is 6.57 Å². The lowest BCUT2D eigenvalue weighted by atomic mass is 10.0. The average Bonchev–Trinajstić information content (AvgIpc) is 2.49. The maximum absolute atomic E-state index is 6.50. The molecule has 0 saturated carbocycles. The lowest BCUT2D eigenvalue weighted by Crippen LogP contribution is -2.08. The number of benzene rings is 2. The fourth-order valence-corrected chi connectivity index (χ4v) is 1.60. The molecule has 0 aliphatic heterocycles. The summed E-state index contributed by atoms with van der Waals surface area (Å²) >= 11 is 0. The van der Waals surface area contributed by atoms with Gasteiger partial charge in [0.15, 0.2) is 0 Å². The predicted molar refractivity (Wildman–Crippen MR) is 74.3 cm³/mol. The quantitative estimate of drug-likeness (QED) is 0.659. The molecule has 1 N–H and O–H groups in total. The SMILES string of the molecule is C#N.CNN=C(c1ccccc1)c1ccccc1. The van der Waals surface area contributed by atoms with Crippen LogP contribution in [0, 0.1) is 11.8 Å². The van der Waals surface area contributed by atoms with Crippen LogP contribution in [0.1, 0.15) is 11.1 Å². The van der Waals surface area contributed by atoms with E-state index in [1.165, 1.54) is 0 Å². The molecule has 0 saturated heterocycles. The van der Waals surface area contributed by atoms with E-state index in [0.717, 1.165) is 16.8 Å². The molecular formula is C15H15N3. The highest BCUT2D eigenvalue weighted by molar-refractivity contribution is 6.12. The van der Waals surface area contributed by atoms with E-state index in [9.17, 15) is 0 Å². The Morgan fingerprint density at radius 1 is 0.889 bits per heavy atom. The molecule has 0 unspecified atom stereocenters. The van der Waals surface area contributed by atoms with Crippen molar-refractivity contribution in [3.63, 3.8) is 0 Å². The molecule has 2 rings (SSSR count). The van der Waals surface area contributed by atoms with Crippen molar-refractivity contribution in [2.45, 2.75) is 0 Å². The Balaban J connectivity index is 0.000000771. The summed E-state index contributed by atoms with van der Waals surface area (Å²) in [5, 5.41) is 10.8. The smallest absolute Gasteiger partial charge is 0.0973 e. The maximum Gasteiger partial charge on any atom is 0.0973 e. The standard InChI is InChI=1S/C14H14N2.CHN/c1-15-16-14(12-8-4-2-5-9-12)13-10-6-3-7-11-13;1-2/h2-11,15H,1H3;1H. The van der Waals surface area contributed by atoms with Gasteiger partial charge in [0.25, 0.3) is 0 Å². The first kappa shape index (κ1) is 13.5. The van der Waals surface area contributed by atoms with Crippen molar-refractivity contribution in [3.05, 3.63) is 71.8 Å². The highest BCUT2D eigenvalue weighted by Gasteiger charge is 2.04. The lowest BCUT2D eigenvalue weighted by molar-refractivity contribution is 0.901. The minimum atomic E-state index is 0.962. The van der Waals surface area contributed by atoms with E-state index in [4.69, 9.17) is 5.26 Å². The predicted octanol–water partition coefficient (Wildman–Crippen LogP) is 2.80. The summed E-state index contributed by atoms with van der Waals surface area (Å²) in [5.41, 5.74) is 6.04. The van der Waals surface area contributed by atoms with E-state index < -0.39 is 0 Å². The van der Waals surface area contributed by atoms with E-state index in [-0.39, 0.29) is 0 Å². The van der Waals surface area contributed by atoms with Crippen LogP contribution >= 0.6 is 0 Å². The first-order chi connectivity index (χ1) is 8.92. The molecule has 18 heavy (non-hydrogen) atoms. The second-order valence-corrected chi connectivity index (χ2v) is 3.42. The van der Waals surface area contributed by atoms with Gasteiger partial charge in [-0.2, -0.15) is 5.10 Å². The summed E-state index contributed by atoms with van der Waals surface area (Å²) in [6.07, 6.45) is 0. The largest absolute Gasteiger partial charge is 0.313 e. The molecule has 0 fully saturated rings. The summed E-state index contributed by atoms with van der Waals surface area (Å²) in [6, 6.07) is 20.3. The Morgan fingerprint density at radius 2 is 1.28 bits per heavy atom. The number of nitrogens with zero attached hydrogens (tertiary/aromatic N) is 2. The van der Waals surface area contributed by atoms with Crippen LogP contribution in [-0.4, -0.2) is 12.8 Å². The van der Waals surface area contributed by atoms with Crippen LogP contribution in [0.25, 0.3) is 0 Å². The fourth-order valence-electron chi connectivity index (χ4n) is 1.60. The van der Waals surface area contributed by atoms with Crippen LogP contribution in [-0.2, 0) is 0 Å². The monoisotopic (exact) mass is 237 g/mol. The van der Waals surface area contributed by atoms with Crippen LogP contribution in [0.4, 0.5) is 0 Å². The van der Waals surface area contributed by atoms with Crippen molar-refractivity contribution in [1.29, 1.82) is 5.26 Å². The molecule has 0 bridgehead atoms. The van der Waals surface area contributed by atoms with Crippen LogP contribution in [0.2, 0.25) is 0 Å². The molecule has 2 aromatic carbocycles. The Kier molecular flexibility index (Phi) is 5.71. The van der Waals surface area contributed by atoms with Crippen molar-refractivity contribution >= 4 is 5.71 Å². The van der Waals surface area contributed by atoms with E-state index >= 15 is 0 Å². The molecule has 0 spiro atoms. The van der Waals surface area contributed by atoms with Crippen LogP contribution in [0.5, 0.6) is 0 Å². The second kappa shape index (κ2) is 7.64. The molecule has 2 aromatic rings. The molecule has 0 aliphatic rings. The molecule has 0 amide bonds. The minimum Gasteiger partial charge on any atom is -0.313 e. The first-order valence-electron chi connectivity index (χ1n) is 5.53. The van der Waals surface area contributed by atoms with Gasteiger partial charge >= 0.3 is 0 Å². The van der Waals surface area contributed by atoms with Crippen LogP contribution in [0.3, 0.4) is 0 Å². The van der Waals surface area contributed by atoms with Crippen molar-refractivity contribution in [2.24, 2.45) is 5.10 Å². The van der Waals surface area contributed by atoms with Gasteiger partial charge in [-0.1, -0.05) is 60.7 Å². The van der Waals surface area contributed by atoms with Gasteiger partial charge < -0.3 is 5.43 Å². The van der Waals surface area contributed by atoms with Crippen LogP contribution in [0.15, 0.2) is 65.8 Å². The van der Waals surface area contributed by atoms with Gasteiger partial charge in [-0.05, 0) is 0 Å². The zero-order chi connectivity index (χ0) is 13.2. The van der Waals surface area contributed by atoms with E-state index in [1.807, 2.05) is 43.4 Å². The zero-order valence-corrected chi connectivity index (χ0v) is 10.2. The summed E-state index contributed by atoms with van der Waals surface area (Å²) in [6.45, 7) is 3.50. The number of nitriles is 1. The number of hydrogen-bond donors (Lipinski definition) is 1. The van der Waals surface area contributed by atoms with Gasteiger partial charge in [0.05, 0.1) is 5.71 Å². The summed E-state index contributed by atoms with van der Waals surface area (Å²) < 4.78 is 0. The van der Waals surface area contributed by atoms with Crippen molar-refractivity contribution in [2.75, 3.05) is 7.05 Å². The Hall–Kier alpha value is -2.60.